The van der Waals surface area contributed by atoms with E-state index in [1.54, 1.807) is 4.52 Å². The van der Waals surface area contributed by atoms with Gasteiger partial charge in [0.15, 0.2) is 5.82 Å². The van der Waals surface area contributed by atoms with Gasteiger partial charge < -0.3 is 5.32 Å². The number of hydrogen-bond donors (Lipinski definition) is 1. The molecule has 0 amide bonds. The largest absolute Gasteiger partial charge is 0.313 e. The molecule has 0 radical (unpaired) electrons. The number of rotatable bonds is 3. The van der Waals surface area contributed by atoms with Crippen LogP contribution in [0.5, 0.6) is 0 Å². The predicted octanol–water partition coefficient (Wildman–Crippen LogP) is 0.406. The fourth-order valence-corrected chi connectivity index (χ4v) is 1.28. The Morgan fingerprint density at radius 1 is 1.50 bits per heavy atom. The van der Waals surface area contributed by atoms with Crippen LogP contribution in [0.25, 0.3) is 5.78 Å². The third kappa shape index (κ3) is 1.58. The predicted molar refractivity (Wildman–Crippen MR) is 52.9 cm³/mol. The van der Waals surface area contributed by atoms with Gasteiger partial charge in [0.1, 0.15) is 0 Å². The SMILES string of the molecule is CCc1cnc2nc(CNC)nn2c1. The molecule has 0 bridgehead atoms. The molecule has 5 heteroatoms. The van der Waals surface area contributed by atoms with Gasteiger partial charge in [-0.15, -0.1) is 5.10 Å². The zero-order chi connectivity index (χ0) is 9.97. The van der Waals surface area contributed by atoms with Gasteiger partial charge in [0.25, 0.3) is 5.78 Å². The monoisotopic (exact) mass is 191 g/mol. The highest BCUT2D eigenvalue weighted by molar-refractivity contribution is 5.27. The molecule has 0 aliphatic rings. The lowest BCUT2D eigenvalue weighted by Gasteiger charge is -1.94. The highest BCUT2D eigenvalue weighted by atomic mass is 15.3. The van der Waals surface area contributed by atoms with Gasteiger partial charge in [-0.3, -0.25) is 0 Å². The highest BCUT2D eigenvalue weighted by Gasteiger charge is 2.03. The number of fused-ring (bicyclic) bond motifs is 1. The van der Waals surface area contributed by atoms with Gasteiger partial charge in [-0.05, 0) is 19.0 Å². The van der Waals surface area contributed by atoms with Crippen molar-refractivity contribution >= 4 is 5.78 Å². The quantitative estimate of drug-likeness (QED) is 0.763. The van der Waals surface area contributed by atoms with Crippen molar-refractivity contribution in [3.05, 3.63) is 23.8 Å². The summed E-state index contributed by atoms with van der Waals surface area (Å²) in [5.41, 5.74) is 1.17. The molecule has 0 saturated heterocycles. The molecule has 5 nitrogen and oxygen atoms in total. The molecule has 0 saturated carbocycles. The molecular weight excluding hydrogens is 178 g/mol. The van der Waals surface area contributed by atoms with E-state index in [2.05, 4.69) is 27.3 Å². The van der Waals surface area contributed by atoms with Crippen LogP contribution >= 0.6 is 0 Å². The Balaban J connectivity index is 2.43. The number of aryl methyl sites for hydroxylation is 1. The van der Waals surface area contributed by atoms with Crippen LogP contribution in [0.15, 0.2) is 12.4 Å². The lowest BCUT2D eigenvalue weighted by atomic mass is 10.3. The second-order valence-corrected chi connectivity index (χ2v) is 3.12. The molecule has 14 heavy (non-hydrogen) atoms. The van der Waals surface area contributed by atoms with Crippen LogP contribution in [0.3, 0.4) is 0 Å². The molecule has 0 unspecified atom stereocenters. The van der Waals surface area contributed by atoms with E-state index in [1.807, 2.05) is 19.4 Å². The van der Waals surface area contributed by atoms with E-state index >= 15 is 0 Å². The molecule has 0 fully saturated rings. The summed E-state index contributed by atoms with van der Waals surface area (Å²) in [6, 6.07) is 0. The van der Waals surface area contributed by atoms with E-state index in [0.717, 1.165) is 12.2 Å². The zero-order valence-electron chi connectivity index (χ0n) is 8.36. The van der Waals surface area contributed by atoms with E-state index in [1.165, 1.54) is 5.56 Å². The smallest absolute Gasteiger partial charge is 0.252 e. The molecular formula is C9H13N5. The van der Waals surface area contributed by atoms with Gasteiger partial charge in [-0.1, -0.05) is 6.92 Å². The number of nitrogens with zero attached hydrogens (tertiary/aromatic N) is 4. The lowest BCUT2D eigenvalue weighted by molar-refractivity contribution is 0.751. The van der Waals surface area contributed by atoms with Gasteiger partial charge in [0.2, 0.25) is 0 Å². The molecule has 1 N–H and O–H groups in total. The van der Waals surface area contributed by atoms with Crippen LogP contribution in [0.2, 0.25) is 0 Å². The average molecular weight is 191 g/mol. The Kier molecular flexibility index (Phi) is 2.41. The van der Waals surface area contributed by atoms with E-state index in [0.29, 0.717) is 12.3 Å². The topological polar surface area (TPSA) is 55.1 Å². The molecule has 2 heterocycles. The van der Waals surface area contributed by atoms with E-state index in [9.17, 15) is 0 Å². The van der Waals surface area contributed by atoms with Crippen molar-refractivity contribution in [3.63, 3.8) is 0 Å². The summed E-state index contributed by atoms with van der Waals surface area (Å²) >= 11 is 0. The minimum atomic E-state index is 0.660. The maximum Gasteiger partial charge on any atom is 0.252 e. The first-order valence-corrected chi connectivity index (χ1v) is 4.68. The van der Waals surface area contributed by atoms with Crippen LogP contribution in [0, 0.1) is 0 Å². The van der Waals surface area contributed by atoms with Crippen molar-refractivity contribution in [1.29, 1.82) is 0 Å². The summed E-state index contributed by atoms with van der Waals surface area (Å²) in [5.74, 6) is 1.43. The first-order chi connectivity index (χ1) is 6.83. The van der Waals surface area contributed by atoms with Crippen molar-refractivity contribution in [2.24, 2.45) is 0 Å². The molecule has 0 aliphatic heterocycles. The number of hydrogen-bond acceptors (Lipinski definition) is 4. The molecule has 0 spiro atoms. The Bertz CT molecular complexity index is 434. The number of nitrogens with one attached hydrogen (secondary N) is 1. The summed E-state index contributed by atoms with van der Waals surface area (Å²) in [7, 11) is 1.87. The molecule has 74 valence electrons. The van der Waals surface area contributed by atoms with Gasteiger partial charge in [0.05, 0.1) is 6.54 Å². The van der Waals surface area contributed by atoms with Crippen molar-refractivity contribution in [2.75, 3.05) is 7.05 Å². The minimum absolute atomic E-state index is 0.660. The number of aromatic nitrogens is 4. The standard InChI is InChI=1S/C9H13N5/c1-3-7-4-11-9-12-8(5-10-2)13-14(9)6-7/h4,6,10H,3,5H2,1-2H3. The van der Waals surface area contributed by atoms with Crippen molar-refractivity contribution in [1.82, 2.24) is 24.9 Å². The average Bonchev–Trinajstić information content (AvgIpc) is 2.59. The molecule has 2 rings (SSSR count). The maximum absolute atomic E-state index is 4.29. The summed E-state index contributed by atoms with van der Waals surface area (Å²) in [4.78, 5) is 8.47. The van der Waals surface area contributed by atoms with Crippen molar-refractivity contribution < 1.29 is 0 Å². The van der Waals surface area contributed by atoms with Crippen molar-refractivity contribution in [3.8, 4) is 0 Å². The van der Waals surface area contributed by atoms with E-state index in [-0.39, 0.29) is 0 Å². The Labute approximate surface area is 82.2 Å². The van der Waals surface area contributed by atoms with Gasteiger partial charge >= 0.3 is 0 Å². The summed E-state index contributed by atoms with van der Waals surface area (Å²) in [5, 5.41) is 7.30. The second kappa shape index (κ2) is 3.71. The normalized spacial score (nSPS) is 11.0. The third-order valence-corrected chi connectivity index (χ3v) is 2.03. The van der Waals surface area contributed by atoms with Crippen LogP contribution in [0.1, 0.15) is 18.3 Å². The highest BCUT2D eigenvalue weighted by Crippen LogP contribution is 2.01. The summed E-state index contributed by atoms with van der Waals surface area (Å²) < 4.78 is 1.73. The Morgan fingerprint density at radius 3 is 3.07 bits per heavy atom. The summed E-state index contributed by atoms with van der Waals surface area (Å²) in [6.45, 7) is 2.76. The van der Waals surface area contributed by atoms with Crippen LogP contribution in [0.4, 0.5) is 0 Å². The van der Waals surface area contributed by atoms with Gasteiger partial charge in [-0.2, -0.15) is 4.98 Å². The first kappa shape index (κ1) is 9.08. The van der Waals surface area contributed by atoms with Crippen LogP contribution in [-0.2, 0) is 13.0 Å². The zero-order valence-corrected chi connectivity index (χ0v) is 8.36. The molecule has 0 aromatic carbocycles. The molecule has 2 aromatic rings. The fraction of sp³-hybridized carbons (Fsp3) is 0.444. The minimum Gasteiger partial charge on any atom is -0.313 e. The lowest BCUT2D eigenvalue weighted by Crippen LogP contribution is -2.06. The molecule has 0 atom stereocenters. The Morgan fingerprint density at radius 2 is 2.36 bits per heavy atom. The van der Waals surface area contributed by atoms with Crippen molar-refractivity contribution in [2.45, 2.75) is 19.9 Å². The third-order valence-electron chi connectivity index (χ3n) is 2.03. The maximum atomic E-state index is 4.29. The van der Waals surface area contributed by atoms with Crippen LogP contribution in [-0.4, -0.2) is 26.6 Å². The van der Waals surface area contributed by atoms with E-state index < -0.39 is 0 Å². The van der Waals surface area contributed by atoms with Gasteiger partial charge in [-0.25, -0.2) is 9.50 Å². The molecule has 0 aliphatic carbocycles. The first-order valence-electron chi connectivity index (χ1n) is 4.68. The van der Waals surface area contributed by atoms with Gasteiger partial charge in [0, 0.05) is 12.4 Å². The van der Waals surface area contributed by atoms with Crippen LogP contribution < -0.4 is 5.32 Å². The Hall–Kier alpha value is -1.49. The summed E-state index contributed by atoms with van der Waals surface area (Å²) in [6.07, 6.45) is 4.77. The fourth-order valence-electron chi connectivity index (χ4n) is 1.28. The molecule has 2 aromatic heterocycles. The second-order valence-electron chi connectivity index (χ2n) is 3.12. The van der Waals surface area contributed by atoms with E-state index in [4.69, 9.17) is 0 Å².